The molecule has 0 aromatic heterocycles. The van der Waals surface area contributed by atoms with E-state index < -0.39 is 0 Å². The minimum Gasteiger partial charge on any atom is -0.396 e. The maximum Gasteiger partial charge on any atom is 0.106 e. The van der Waals surface area contributed by atoms with Crippen molar-refractivity contribution in [3.8, 4) is 0 Å². The molecular formula is C12H18O3. The van der Waals surface area contributed by atoms with Crippen LogP contribution in [0.3, 0.4) is 0 Å². The summed E-state index contributed by atoms with van der Waals surface area (Å²) in [5, 5.41) is 8.96. The van der Waals surface area contributed by atoms with E-state index in [4.69, 9.17) is 14.6 Å². The van der Waals surface area contributed by atoms with Gasteiger partial charge in [0.15, 0.2) is 0 Å². The smallest absolute Gasteiger partial charge is 0.106 e. The summed E-state index contributed by atoms with van der Waals surface area (Å²) in [6.07, 6.45) is 0.595. The van der Waals surface area contributed by atoms with Gasteiger partial charge in [-0.3, -0.25) is 0 Å². The van der Waals surface area contributed by atoms with Crippen LogP contribution in [0, 0.1) is 0 Å². The highest BCUT2D eigenvalue weighted by Gasteiger charge is 2.13. The molecule has 15 heavy (non-hydrogen) atoms. The molecule has 84 valence electrons. The first kappa shape index (κ1) is 12.2. The van der Waals surface area contributed by atoms with Gasteiger partial charge in [0.25, 0.3) is 0 Å². The second kappa shape index (κ2) is 6.56. The van der Waals surface area contributed by atoms with Gasteiger partial charge in [-0.05, 0) is 17.5 Å². The number of aliphatic hydroxyl groups excluding tert-OH is 1. The Morgan fingerprint density at radius 1 is 1.27 bits per heavy atom. The van der Waals surface area contributed by atoms with Crippen molar-refractivity contribution in [2.45, 2.75) is 12.5 Å². The van der Waals surface area contributed by atoms with Gasteiger partial charge in [0.2, 0.25) is 0 Å². The summed E-state index contributed by atoms with van der Waals surface area (Å²) in [7, 11) is 3.32. The van der Waals surface area contributed by atoms with E-state index in [1.807, 2.05) is 24.3 Å². The summed E-state index contributed by atoms with van der Waals surface area (Å²) in [5.41, 5.74) is 2.21. The monoisotopic (exact) mass is 210 g/mol. The summed E-state index contributed by atoms with van der Waals surface area (Å²) in [6, 6.07) is 7.96. The van der Waals surface area contributed by atoms with Crippen molar-refractivity contribution in [1.29, 1.82) is 0 Å². The molecule has 0 aliphatic carbocycles. The molecule has 0 aliphatic rings. The lowest BCUT2D eigenvalue weighted by Gasteiger charge is -2.18. The summed E-state index contributed by atoms with van der Waals surface area (Å²) in [5.74, 6) is 0. The average molecular weight is 210 g/mol. The fraction of sp³-hybridized carbons (Fsp3) is 0.500. The van der Waals surface area contributed by atoms with Crippen LogP contribution in [-0.2, 0) is 15.9 Å². The van der Waals surface area contributed by atoms with E-state index in [0.717, 1.165) is 11.1 Å². The second-order valence-corrected chi connectivity index (χ2v) is 3.35. The standard InChI is InChI=1S/C12H18O3/c1-14-9-12(15-2)11-6-4-3-5-10(11)7-8-13/h3-6,12-13H,7-9H2,1-2H3. The van der Waals surface area contributed by atoms with E-state index in [0.29, 0.717) is 13.0 Å². The Balaban J connectivity index is 2.88. The largest absolute Gasteiger partial charge is 0.396 e. The third kappa shape index (κ3) is 3.30. The second-order valence-electron chi connectivity index (χ2n) is 3.35. The van der Waals surface area contributed by atoms with Gasteiger partial charge < -0.3 is 14.6 Å². The molecule has 1 unspecified atom stereocenters. The van der Waals surface area contributed by atoms with Crippen LogP contribution in [0.4, 0.5) is 0 Å². The molecule has 1 rings (SSSR count). The zero-order chi connectivity index (χ0) is 11.1. The van der Waals surface area contributed by atoms with Crippen LogP contribution < -0.4 is 0 Å². The maximum absolute atomic E-state index is 8.96. The van der Waals surface area contributed by atoms with Gasteiger partial charge in [-0.25, -0.2) is 0 Å². The summed E-state index contributed by atoms with van der Waals surface area (Å²) in [6.45, 7) is 0.680. The zero-order valence-electron chi connectivity index (χ0n) is 9.27. The van der Waals surface area contributed by atoms with E-state index in [1.54, 1.807) is 14.2 Å². The van der Waals surface area contributed by atoms with Gasteiger partial charge in [0, 0.05) is 20.8 Å². The highest BCUT2D eigenvalue weighted by atomic mass is 16.5. The van der Waals surface area contributed by atoms with Gasteiger partial charge in [-0.15, -0.1) is 0 Å². The summed E-state index contributed by atoms with van der Waals surface area (Å²) >= 11 is 0. The lowest BCUT2D eigenvalue weighted by atomic mass is 10.0. The zero-order valence-corrected chi connectivity index (χ0v) is 9.27. The fourth-order valence-corrected chi connectivity index (χ4v) is 1.63. The first-order valence-corrected chi connectivity index (χ1v) is 5.03. The molecule has 0 radical (unpaired) electrons. The number of ether oxygens (including phenoxy) is 2. The molecule has 0 saturated carbocycles. The number of hydrogen-bond acceptors (Lipinski definition) is 3. The molecule has 3 nitrogen and oxygen atoms in total. The highest BCUT2D eigenvalue weighted by Crippen LogP contribution is 2.21. The summed E-state index contributed by atoms with van der Waals surface area (Å²) < 4.78 is 10.5. The van der Waals surface area contributed by atoms with Crippen LogP contribution in [0.15, 0.2) is 24.3 Å². The Bertz CT molecular complexity index is 286. The summed E-state index contributed by atoms with van der Waals surface area (Å²) in [4.78, 5) is 0. The SMILES string of the molecule is COCC(OC)c1ccccc1CCO. The lowest BCUT2D eigenvalue weighted by molar-refractivity contribution is 0.0268. The van der Waals surface area contributed by atoms with Gasteiger partial charge in [0.05, 0.1) is 6.61 Å². The third-order valence-electron chi connectivity index (χ3n) is 2.39. The van der Waals surface area contributed by atoms with Crippen LogP contribution in [0.2, 0.25) is 0 Å². The molecule has 0 fully saturated rings. The predicted molar refractivity (Wildman–Crippen MR) is 58.9 cm³/mol. The van der Waals surface area contributed by atoms with Crippen molar-refractivity contribution in [1.82, 2.24) is 0 Å². The molecule has 0 saturated heterocycles. The topological polar surface area (TPSA) is 38.7 Å². The number of rotatable bonds is 6. The van der Waals surface area contributed by atoms with Crippen molar-refractivity contribution in [2.75, 3.05) is 27.4 Å². The van der Waals surface area contributed by atoms with Crippen LogP contribution in [0.25, 0.3) is 0 Å². The Kier molecular flexibility index (Phi) is 5.32. The van der Waals surface area contributed by atoms with Crippen LogP contribution in [-0.4, -0.2) is 32.5 Å². The van der Waals surface area contributed by atoms with E-state index in [1.165, 1.54) is 0 Å². The van der Waals surface area contributed by atoms with Crippen molar-refractivity contribution in [3.05, 3.63) is 35.4 Å². The van der Waals surface area contributed by atoms with E-state index >= 15 is 0 Å². The number of hydrogen-bond donors (Lipinski definition) is 1. The molecule has 1 atom stereocenters. The maximum atomic E-state index is 8.96. The molecule has 0 heterocycles. The van der Waals surface area contributed by atoms with Gasteiger partial charge >= 0.3 is 0 Å². The van der Waals surface area contributed by atoms with Crippen molar-refractivity contribution < 1.29 is 14.6 Å². The van der Waals surface area contributed by atoms with Gasteiger partial charge in [-0.1, -0.05) is 24.3 Å². The molecule has 0 amide bonds. The third-order valence-corrected chi connectivity index (χ3v) is 2.39. The number of aliphatic hydroxyl groups is 1. The first-order valence-electron chi connectivity index (χ1n) is 5.03. The molecule has 1 N–H and O–H groups in total. The van der Waals surface area contributed by atoms with Gasteiger partial charge in [0.1, 0.15) is 6.10 Å². The van der Waals surface area contributed by atoms with E-state index in [-0.39, 0.29) is 12.7 Å². The molecule has 0 bridgehead atoms. The highest BCUT2D eigenvalue weighted by molar-refractivity contribution is 5.29. The molecular weight excluding hydrogens is 192 g/mol. The van der Waals surface area contributed by atoms with E-state index in [9.17, 15) is 0 Å². The predicted octanol–water partition coefficient (Wildman–Crippen LogP) is 1.56. The quantitative estimate of drug-likeness (QED) is 0.774. The minimum atomic E-state index is -0.0576. The fourth-order valence-electron chi connectivity index (χ4n) is 1.63. The van der Waals surface area contributed by atoms with Crippen LogP contribution in [0.1, 0.15) is 17.2 Å². The van der Waals surface area contributed by atoms with Crippen molar-refractivity contribution in [2.24, 2.45) is 0 Å². The Hall–Kier alpha value is -0.900. The molecule has 1 aromatic rings. The normalized spacial score (nSPS) is 12.7. The Morgan fingerprint density at radius 3 is 2.60 bits per heavy atom. The first-order chi connectivity index (χ1) is 7.33. The Labute approximate surface area is 90.6 Å². The molecule has 3 heteroatoms. The van der Waals surface area contributed by atoms with Crippen LogP contribution in [0.5, 0.6) is 0 Å². The molecule has 0 aliphatic heterocycles. The molecule has 1 aromatic carbocycles. The van der Waals surface area contributed by atoms with Crippen LogP contribution >= 0.6 is 0 Å². The van der Waals surface area contributed by atoms with Crippen molar-refractivity contribution >= 4 is 0 Å². The number of methoxy groups -OCH3 is 2. The van der Waals surface area contributed by atoms with Gasteiger partial charge in [-0.2, -0.15) is 0 Å². The average Bonchev–Trinajstić information content (AvgIpc) is 2.27. The molecule has 0 spiro atoms. The van der Waals surface area contributed by atoms with Crippen molar-refractivity contribution in [3.63, 3.8) is 0 Å². The number of benzene rings is 1. The lowest BCUT2D eigenvalue weighted by Crippen LogP contribution is -2.11. The Morgan fingerprint density at radius 2 is 2.00 bits per heavy atom. The minimum absolute atomic E-state index is 0.0576. The van der Waals surface area contributed by atoms with E-state index in [2.05, 4.69) is 0 Å².